The van der Waals surface area contributed by atoms with Crippen molar-refractivity contribution in [2.45, 2.75) is 13.3 Å². The minimum absolute atomic E-state index is 0.863. The molecule has 71 heavy (non-hydrogen) atoms. The highest BCUT2D eigenvalue weighted by atomic mass is 15.0. The Kier molecular flexibility index (Phi) is 9.50. The summed E-state index contributed by atoms with van der Waals surface area (Å²) in [4.78, 5) is 0. The van der Waals surface area contributed by atoms with Crippen molar-refractivity contribution >= 4 is 65.4 Å². The summed E-state index contributed by atoms with van der Waals surface area (Å²) >= 11 is 0. The number of aryl methyl sites for hydroxylation is 1. The molecule has 334 valence electrons. The summed E-state index contributed by atoms with van der Waals surface area (Å²) in [5, 5.41) is 7.48. The molecule has 0 spiro atoms. The van der Waals surface area contributed by atoms with E-state index in [0.29, 0.717) is 0 Å². The van der Waals surface area contributed by atoms with Crippen molar-refractivity contribution < 1.29 is 0 Å². The summed E-state index contributed by atoms with van der Waals surface area (Å²) in [6, 6.07) is 93.8. The minimum Gasteiger partial charge on any atom is -0.309 e. The Morgan fingerprint density at radius 3 is 1.21 bits per heavy atom. The van der Waals surface area contributed by atoms with Gasteiger partial charge in [0, 0.05) is 49.4 Å². The molecule has 0 fully saturated rings. The Labute approximate surface area is 412 Å². The van der Waals surface area contributed by atoms with Gasteiger partial charge in [-0.1, -0.05) is 176 Å². The van der Waals surface area contributed by atoms with Gasteiger partial charge in [0.15, 0.2) is 0 Å². The predicted molar refractivity (Wildman–Crippen MR) is 300 cm³/mol. The monoisotopic (exact) mass is 905 g/mol. The molecule has 0 atom stereocenters. The molecule has 3 aromatic heterocycles. The van der Waals surface area contributed by atoms with Crippen LogP contribution in [0.5, 0.6) is 0 Å². The zero-order chi connectivity index (χ0) is 47.0. The van der Waals surface area contributed by atoms with Crippen LogP contribution in [-0.4, -0.2) is 13.7 Å². The lowest BCUT2D eigenvalue weighted by atomic mass is 9.91. The standard InChI is InChI=1S/C68H47N3/c1-45-17-2-4-25-55(45)56-26-5-3-19-51(56)40-46-18-14-20-47(39-46)49-35-37-67-61(42-49)59-29-8-12-33-65(59)70(67)53-23-16-24-54(44-53)71-66-34-13-9-30-60(66)62-43-50(36-38-68(62)71)48-21-15-22-52(41-48)69-63-31-10-6-27-57(63)58-28-7-11-32-64(58)69/h2-39,41-44H,40H2,1H3. The van der Waals surface area contributed by atoms with Crippen LogP contribution < -0.4 is 0 Å². The molecule has 0 aliphatic rings. The summed E-state index contributed by atoms with van der Waals surface area (Å²) < 4.78 is 7.27. The normalized spacial score (nSPS) is 11.8. The molecule has 11 aromatic carbocycles. The van der Waals surface area contributed by atoms with Crippen molar-refractivity contribution in [3.05, 3.63) is 271 Å². The third-order valence-electron chi connectivity index (χ3n) is 14.8. The van der Waals surface area contributed by atoms with Crippen LogP contribution in [0.4, 0.5) is 0 Å². The number of hydrogen-bond donors (Lipinski definition) is 0. The summed E-state index contributed by atoms with van der Waals surface area (Å²) in [5.41, 5.74) is 21.9. The number of hydrogen-bond acceptors (Lipinski definition) is 0. The molecular weight excluding hydrogens is 859 g/mol. The lowest BCUT2D eigenvalue weighted by Gasteiger charge is -2.14. The van der Waals surface area contributed by atoms with E-state index in [1.165, 1.54) is 115 Å². The van der Waals surface area contributed by atoms with E-state index in [9.17, 15) is 0 Å². The summed E-state index contributed by atoms with van der Waals surface area (Å²) in [5.74, 6) is 0. The molecule has 3 heteroatoms. The third-order valence-corrected chi connectivity index (χ3v) is 14.8. The van der Waals surface area contributed by atoms with E-state index in [-0.39, 0.29) is 0 Å². The molecule has 3 nitrogen and oxygen atoms in total. The molecule has 0 radical (unpaired) electrons. The number of aromatic nitrogens is 3. The number of fused-ring (bicyclic) bond motifs is 9. The first-order valence-electron chi connectivity index (χ1n) is 24.6. The van der Waals surface area contributed by atoms with E-state index < -0.39 is 0 Å². The molecule has 14 aromatic rings. The van der Waals surface area contributed by atoms with E-state index in [1.54, 1.807) is 0 Å². The van der Waals surface area contributed by atoms with Crippen LogP contribution >= 0.6 is 0 Å². The fraction of sp³-hybridized carbons (Fsp3) is 0.0294. The van der Waals surface area contributed by atoms with Crippen molar-refractivity contribution in [1.82, 2.24) is 13.7 Å². The first kappa shape index (κ1) is 40.8. The van der Waals surface area contributed by atoms with Crippen molar-refractivity contribution in [3.63, 3.8) is 0 Å². The second kappa shape index (κ2) is 16.5. The minimum atomic E-state index is 0.863. The second-order valence-corrected chi connectivity index (χ2v) is 19.0. The molecular formula is C68H47N3. The SMILES string of the molecule is Cc1ccccc1-c1ccccc1Cc1cccc(-c2ccc3c(c2)c2ccccc2n3-c2cccc(-n3c4ccccc4c4cc(-c5cccc(-n6c7ccccc7c7ccccc76)c5)ccc43)c2)c1. The van der Waals surface area contributed by atoms with E-state index >= 15 is 0 Å². The Morgan fingerprint density at radius 1 is 0.268 bits per heavy atom. The summed E-state index contributed by atoms with van der Waals surface area (Å²) in [6.45, 7) is 2.20. The molecule has 0 aliphatic carbocycles. The van der Waals surface area contributed by atoms with Gasteiger partial charge >= 0.3 is 0 Å². The van der Waals surface area contributed by atoms with Gasteiger partial charge in [0.05, 0.1) is 33.1 Å². The maximum Gasteiger partial charge on any atom is 0.0541 e. The zero-order valence-corrected chi connectivity index (χ0v) is 39.3. The largest absolute Gasteiger partial charge is 0.309 e. The lowest BCUT2D eigenvalue weighted by Crippen LogP contribution is -1.98. The van der Waals surface area contributed by atoms with Gasteiger partial charge in [-0.3, -0.25) is 0 Å². The molecule has 0 unspecified atom stereocenters. The fourth-order valence-electron chi connectivity index (χ4n) is 11.6. The van der Waals surface area contributed by atoms with Gasteiger partial charge < -0.3 is 13.7 Å². The lowest BCUT2D eigenvalue weighted by molar-refractivity contribution is 1.13. The Bertz CT molecular complexity index is 4350. The second-order valence-electron chi connectivity index (χ2n) is 19.0. The molecule has 3 heterocycles. The predicted octanol–water partition coefficient (Wildman–Crippen LogP) is 17.9. The molecule has 0 saturated heterocycles. The molecule has 0 saturated carbocycles. The van der Waals surface area contributed by atoms with Crippen LogP contribution in [0, 0.1) is 6.92 Å². The summed E-state index contributed by atoms with van der Waals surface area (Å²) in [6.07, 6.45) is 0.863. The van der Waals surface area contributed by atoms with E-state index in [2.05, 4.69) is 275 Å². The average Bonchev–Trinajstić information content (AvgIpc) is 4.07. The van der Waals surface area contributed by atoms with Crippen LogP contribution in [0.1, 0.15) is 16.7 Å². The van der Waals surface area contributed by atoms with E-state index in [1.807, 2.05) is 0 Å². The highest BCUT2D eigenvalue weighted by Crippen LogP contribution is 2.40. The average molecular weight is 906 g/mol. The smallest absolute Gasteiger partial charge is 0.0541 e. The van der Waals surface area contributed by atoms with Gasteiger partial charge in [-0.25, -0.2) is 0 Å². The van der Waals surface area contributed by atoms with Gasteiger partial charge in [0.25, 0.3) is 0 Å². The van der Waals surface area contributed by atoms with Gasteiger partial charge in [-0.05, 0) is 142 Å². The van der Waals surface area contributed by atoms with Crippen LogP contribution in [0.2, 0.25) is 0 Å². The topological polar surface area (TPSA) is 14.8 Å². The highest BCUT2D eigenvalue weighted by molar-refractivity contribution is 6.12. The first-order valence-corrected chi connectivity index (χ1v) is 24.6. The molecule has 0 N–H and O–H groups in total. The molecule has 0 amide bonds. The van der Waals surface area contributed by atoms with Crippen molar-refractivity contribution in [2.24, 2.45) is 0 Å². The number of rotatable bonds is 8. The van der Waals surface area contributed by atoms with Crippen molar-refractivity contribution in [2.75, 3.05) is 0 Å². The maximum atomic E-state index is 2.44. The third kappa shape index (κ3) is 6.73. The first-order chi connectivity index (χ1) is 35.1. The van der Waals surface area contributed by atoms with Crippen molar-refractivity contribution in [3.8, 4) is 50.4 Å². The fourth-order valence-corrected chi connectivity index (χ4v) is 11.6. The number of nitrogens with zero attached hydrogens (tertiary/aromatic N) is 3. The maximum absolute atomic E-state index is 2.44. The number of para-hydroxylation sites is 4. The van der Waals surface area contributed by atoms with Crippen molar-refractivity contribution in [1.29, 1.82) is 0 Å². The van der Waals surface area contributed by atoms with Crippen LogP contribution in [0.3, 0.4) is 0 Å². The number of benzene rings is 11. The zero-order valence-electron chi connectivity index (χ0n) is 39.3. The van der Waals surface area contributed by atoms with E-state index in [0.717, 1.165) is 23.5 Å². The molecule has 0 aliphatic heterocycles. The van der Waals surface area contributed by atoms with E-state index in [4.69, 9.17) is 0 Å². The Morgan fingerprint density at radius 2 is 0.662 bits per heavy atom. The quantitative estimate of drug-likeness (QED) is 0.144. The molecule has 0 bridgehead atoms. The van der Waals surface area contributed by atoms with Gasteiger partial charge in [0.1, 0.15) is 0 Å². The molecule has 14 rings (SSSR count). The summed E-state index contributed by atoms with van der Waals surface area (Å²) in [7, 11) is 0. The van der Waals surface area contributed by atoms with Gasteiger partial charge in [0.2, 0.25) is 0 Å². The Balaban J connectivity index is 0.838. The van der Waals surface area contributed by atoms with Crippen LogP contribution in [0.15, 0.2) is 255 Å². The van der Waals surface area contributed by atoms with Gasteiger partial charge in [-0.15, -0.1) is 0 Å². The highest BCUT2D eigenvalue weighted by Gasteiger charge is 2.18. The van der Waals surface area contributed by atoms with Crippen LogP contribution in [-0.2, 0) is 6.42 Å². The van der Waals surface area contributed by atoms with Gasteiger partial charge in [-0.2, -0.15) is 0 Å². The Hall–Kier alpha value is -9.18. The van der Waals surface area contributed by atoms with Crippen LogP contribution in [0.25, 0.3) is 116 Å².